The first-order valence-corrected chi connectivity index (χ1v) is 10.6. The first kappa shape index (κ1) is 21.7. The van der Waals surface area contributed by atoms with Crippen molar-refractivity contribution in [3.05, 3.63) is 70.2 Å². The van der Waals surface area contributed by atoms with E-state index in [0.29, 0.717) is 6.04 Å². The molecule has 2 rings (SSSR count). The van der Waals surface area contributed by atoms with E-state index in [1.54, 1.807) is 0 Å². The van der Waals surface area contributed by atoms with Crippen LogP contribution in [0, 0.1) is 17.2 Å². The van der Waals surface area contributed by atoms with Gasteiger partial charge in [0, 0.05) is 17.1 Å². The highest BCUT2D eigenvalue weighted by atomic mass is 79.9. The molecule has 0 bridgehead atoms. The van der Waals surface area contributed by atoms with Crippen molar-refractivity contribution in [2.45, 2.75) is 58.0 Å². The summed E-state index contributed by atoms with van der Waals surface area (Å²) in [7, 11) is 2.20. The van der Waals surface area contributed by atoms with Gasteiger partial charge in [-0.15, -0.1) is 0 Å². The quantitative estimate of drug-likeness (QED) is 0.453. The zero-order valence-corrected chi connectivity index (χ0v) is 18.5. The zero-order valence-electron chi connectivity index (χ0n) is 17.0. The van der Waals surface area contributed by atoms with Crippen LogP contribution in [0.15, 0.2) is 59.1 Å². The Hall–Kier alpha value is -1.63. The van der Waals surface area contributed by atoms with Gasteiger partial charge in [-0.25, -0.2) is 0 Å². The van der Waals surface area contributed by atoms with Crippen molar-refractivity contribution in [3.63, 3.8) is 0 Å². The van der Waals surface area contributed by atoms with Crippen LogP contribution in [0.25, 0.3) is 0 Å². The number of rotatable bonds is 9. The Balaban J connectivity index is 2.14. The van der Waals surface area contributed by atoms with Gasteiger partial charge in [-0.1, -0.05) is 79.2 Å². The van der Waals surface area contributed by atoms with Gasteiger partial charge in [0.05, 0.1) is 11.5 Å². The average Bonchev–Trinajstić information content (AvgIpc) is 2.67. The van der Waals surface area contributed by atoms with E-state index in [-0.39, 0.29) is 5.92 Å². The van der Waals surface area contributed by atoms with Crippen LogP contribution in [0.3, 0.4) is 0 Å². The molecule has 2 nitrogen and oxygen atoms in total. The van der Waals surface area contributed by atoms with Gasteiger partial charge >= 0.3 is 0 Å². The Morgan fingerprint density at radius 2 is 1.70 bits per heavy atom. The summed E-state index contributed by atoms with van der Waals surface area (Å²) < 4.78 is 1.05. The van der Waals surface area contributed by atoms with Crippen LogP contribution in [0.4, 0.5) is 0 Å². The van der Waals surface area contributed by atoms with E-state index < -0.39 is 5.41 Å². The number of nitrogens with zero attached hydrogens (tertiary/aromatic N) is 2. The van der Waals surface area contributed by atoms with E-state index in [1.165, 1.54) is 5.56 Å². The van der Waals surface area contributed by atoms with Crippen LogP contribution < -0.4 is 0 Å². The molecule has 144 valence electrons. The molecule has 0 saturated carbocycles. The van der Waals surface area contributed by atoms with Crippen molar-refractivity contribution in [2.75, 3.05) is 7.05 Å². The molecule has 0 spiro atoms. The third-order valence-corrected chi connectivity index (χ3v) is 6.31. The SMILES string of the molecule is CCC(CCC(C#N)(c1ccc(Br)cc1)C(C)C)N(C)Cc1ccccc1. The second-order valence-corrected chi connectivity index (χ2v) is 8.66. The van der Waals surface area contributed by atoms with E-state index in [0.717, 1.165) is 35.8 Å². The molecule has 2 aromatic carbocycles. The summed E-state index contributed by atoms with van der Waals surface area (Å²) in [5, 5.41) is 10.2. The van der Waals surface area contributed by atoms with Gasteiger partial charge in [0.1, 0.15) is 0 Å². The van der Waals surface area contributed by atoms with Crippen LogP contribution in [0.2, 0.25) is 0 Å². The normalized spacial score (nSPS) is 14.7. The third-order valence-electron chi connectivity index (χ3n) is 5.79. The van der Waals surface area contributed by atoms with E-state index in [1.807, 2.05) is 12.1 Å². The molecule has 0 saturated heterocycles. The second kappa shape index (κ2) is 10.1. The van der Waals surface area contributed by atoms with Gasteiger partial charge in [-0.05, 0) is 55.5 Å². The minimum atomic E-state index is -0.443. The second-order valence-electron chi connectivity index (χ2n) is 7.75. The molecule has 0 aromatic heterocycles. The molecule has 0 aliphatic carbocycles. The van der Waals surface area contributed by atoms with E-state index in [9.17, 15) is 5.26 Å². The summed E-state index contributed by atoms with van der Waals surface area (Å²) in [4.78, 5) is 2.43. The van der Waals surface area contributed by atoms with Gasteiger partial charge in [-0.2, -0.15) is 5.26 Å². The maximum atomic E-state index is 10.2. The zero-order chi connectivity index (χ0) is 19.9. The summed E-state index contributed by atoms with van der Waals surface area (Å²) in [5.74, 6) is 0.264. The Labute approximate surface area is 173 Å². The first-order valence-electron chi connectivity index (χ1n) is 9.84. The third kappa shape index (κ3) is 5.43. The maximum Gasteiger partial charge on any atom is 0.0845 e. The Kier molecular flexibility index (Phi) is 8.07. The molecule has 2 aromatic rings. The molecule has 0 amide bonds. The smallest absolute Gasteiger partial charge is 0.0845 e. The number of halogens is 1. The maximum absolute atomic E-state index is 10.2. The average molecular weight is 427 g/mol. The molecular weight excluding hydrogens is 396 g/mol. The Bertz CT molecular complexity index is 733. The predicted octanol–water partition coefficient (Wildman–Crippen LogP) is 6.56. The fraction of sp³-hybridized carbons (Fsp3) is 0.458. The first-order chi connectivity index (χ1) is 12.9. The lowest BCUT2D eigenvalue weighted by atomic mass is 9.69. The molecule has 0 heterocycles. The summed E-state index contributed by atoms with van der Waals surface area (Å²) in [6.45, 7) is 7.52. The van der Waals surface area contributed by atoms with Crippen molar-refractivity contribution in [1.29, 1.82) is 5.26 Å². The van der Waals surface area contributed by atoms with Gasteiger partial charge in [-0.3, -0.25) is 4.90 Å². The fourth-order valence-corrected chi connectivity index (χ4v) is 4.16. The van der Waals surface area contributed by atoms with Gasteiger partial charge in [0.15, 0.2) is 0 Å². The van der Waals surface area contributed by atoms with Gasteiger partial charge < -0.3 is 0 Å². The van der Waals surface area contributed by atoms with Gasteiger partial charge in [0.2, 0.25) is 0 Å². The predicted molar refractivity (Wildman–Crippen MR) is 117 cm³/mol. The van der Waals surface area contributed by atoms with Crippen molar-refractivity contribution in [2.24, 2.45) is 5.92 Å². The monoisotopic (exact) mass is 426 g/mol. The number of hydrogen-bond donors (Lipinski definition) is 0. The Morgan fingerprint density at radius 1 is 1.07 bits per heavy atom. The standard InChI is InChI=1S/C24H31BrN2/c1-5-23(27(4)17-20-9-7-6-8-10-20)15-16-24(18-26,19(2)3)21-11-13-22(25)14-12-21/h6-14,19,23H,5,15-17H2,1-4H3. The molecule has 27 heavy (non-hydrogen) atoms. The van der Waals surface area contributed by atoms with Crippen LogP contribution in [-0.2, 0) is 12.0 Å². The Morgan fingerprint density at radius 3 is 2.22 bits per heavy atom. The largest absolute Gasteiger partial charge is 0.299 e. The van der Waals surface area contributed by atoms with Crippen LogP contribution in [0.5, 0.6) is 0 Å². The van der Waals surface area contributed by atoms with Crippen LogP contribution >= 0.6 is 15.9 Å². The molecular formula is C24H31BrN2. The lowest BCUT2D eigenvalue weighted by Gasteiger charge is -2.35. The van der Waals surface area contributed by atoms with E-state index in [2.05, 4.69) is 97.2 Å². The topological polar surface area (TPSA) is 27.0 Å². The number of hydrogen-bond acceptors (Lipinski definition) is 2. The van der Waals surface area contributed by atoms with E-state index in [4.69, 9.17) is 0 Å². The summed E-state index contributed by atoms with van der Waals surface area (Å²) in [6.07, 6.45) is 2.98. The summed E-state index contributed by atoms with van der Waals surface area (Å²) in [5.41, 5.74) is 2.02. The lowest BCUT2D eigenvalue weighted by molar-refractivity contribution is 0.197. The van der Waals surface area contributed by atoms with E-state index >= 15 is 0 Å². The molecule has 0 fully saturated rings. The molecule has 2 unspecified atom stereocenters. The highest BCUT2D eigenvalue weighted by Crippen LogP contribution is 2.38. The molecule has 3 heteroatoms. The summed E-state index contributed by atoms with van der Waals surface area (Å²) >= 11 is 3.51. The number of nitriles is 1. The van der Waals surface area contributed by atoms with Crippen molar-refractivity contribution >= 4 is 15.9 Å². The lowest BCUT2D eigenvalue weighted by Crippen LogP contribution is -2.36. The molecule has 0 aliphatic heterocycles. The molecule has 0 N–H and O–H groups in total. The van der Waals surface area contributed by atoms with Gasteiger partial charge in [0.25, 0.3) is 0 Å². The minimum absolute atomic E-state index is 0.264. The van der Waals surface area contributed by atoms with Crippen molar-refractivity contribution in [3.8, 4) is 6.07 Å². The van der Waals surface area contributed by atoms with Crippen LogP contribution in [0.1, 0.15) is 51.2 Å². The molecule has 0 aliphatic rings. The van der Waals surface area contributed by atoms with Crippen molar-refractivity contribution in [1.82, 2.24) is 4.90 Å². The molecule has 0 radical (unpaired) electrons. The van der Waals surface area contributed by atoms with Crippen molar-refractivity contribution < 1.29 is 0 Å². The van der Waals surface area contributed by atoms with Crippen LogP contribution in [-0.4, -0.2) is 18.0 Å². The number of benzene rings is 2. The highest BCUT2D eigenvalue weighted by molar-refractivity contribution is 9.10. The fourth-order valence-electron chi connectivity index (χ4n) is 3.89. The summed E-state index contributed by atoms with van der Waals surface area (Å²) in [6, 6.07) is 22.0. The molecule has 2 atom stereocenters. The highest BCUT2D eigenvalue weighted by Gasteiger charge is 2.36. The minimum Gasteiger partial charge on any atom is -0.299 e.